The summed E-state index contributed by atoms with van der Waals surface area (Å²) in [7, 11) is 0. The number of rotatable bonds is 6. The third kappa shape index (κ3) is 16.5. The highest BCUT2D eigenvalue weighted by Gasteiger charge is 1.98. The average Bonchev–Trinajstić information content (AvgIpc) is 2.20. The SMILES string of the molecule is CC.CCSC(=O)NCOCCC(C)C. The third-order valence-electron chi connectivity index (χ3n) is 1.43. The van der Waals surface area contributed by atoms with E-state index in [9.17, 15) is 4.79 Å². The Morgan fingerprint density at radius 1 is 1.40 bits per heavy atom. The predicted molar refractivity (Wildman–Crippen MR) is 68.3 cm³/mol. The van der Waals surface area contributed by atoms with Gasteiger partial charge in [-0.15, -0.1) is 0 Å². The molecular weight excluding hydrogens is 210 g/mol. The van der Waals surface area contributed by atoms with E-state index in [0.717, 1.165) is 18.8 Å². The maximum Gasteiger partial charge on any atom is 0.280 e. The molecule has 0 radical (unpaired) electrons. The number of amides is 1. The summed E-state index contributed by atoms with van der Waals surface area (Å²) in [5, 5.41) is 2.65. The van der Waals surface area contributed by atoms with Gasteiger partial charge in [-0.05, 0) is 18.1 Å². The Labute approximate surface area is 98.3 Å². The third-order valence-corrected chi connectivity index (χ3v) is 2.13. The van der Waals surface area contributed by atoms with E-state index in [-0.39, 0.29) is 5.24 Å². The van der Waals surface area contributed by atoms with Crippen molar-refractivity contribution in [3.05, 3.63) is 0 Å². The highest BCUT2D eigenvalue weighted by Crippen LogP contribution is 2.00. The monoisotopic (exact) mass is 235 g/mol. The summed E-state index contributed by atoms with van der Waals surface area (Å²) in [4.78, 5) is 10.9. The van der Waals surface area contributed by atoms with Crippen LogP contribution in [-0.2, 0) is 4.74 Å². The highest BCUT2D eigenvalue weighted by molar-refractivity contribution is 8.13. The van der Waals surface area contributed by atoms with Gasteiger partial charge >= 0.3 is 0 Å². The first kappa shape index (κ1) is 17.2. The molecule has 1 N–H and O–H groups in total. The van der Waals surface area contributed by atoms with Crippen LogP contribution >= 0.6 is 11.8 Å². The van der Waals surface area contributed by atoms with Gasteiger partial charge in [-0.25, -0.2) is 0 Å². The summed E-state index contributed by atoms with van der Waals surface area (Å²) in [6.07, 6.45) is 1.04. The topological polar surface area (TPSA) is 38.3 Å². The molecule has 0 rings (SSSR count). The molecule has 1 amide bonds. The quantitative estimate of drug-likeness (QED) is 0.565. The molecule has 15 heavy (non-hydrogen) atoms. The van der Waals surface area contributed by atoms with Crippen molar-refractivity contribution in [2.45, 2.75) is 41.0 Å². The summed E-state index contributed by atoms with van der Waals surface area (Å²) in [5.74, 6) is 1.46. The zero-order valence-electron chi connectivity index (χ0n) is 10.6. The van der Waals surface area contributed by atoms with Gasteiger partial charge in [0.1, 0.15) is 6.73 Å². The van der Waals surface area contributed by atoms with Gasteiger partial charge in [0.15, 0.2) is 0 Å². The van der Waals surface area contributed by atoms with E-state index in [1.807, 2.05) is 20.8 Å². The molecule has 0 aromatic carbocycles. The lowest BCUT2D eigenvalue weighted by Gasteiger charge is -2.06. The Kier molecular flexibility index (Phi) is 15.8. The Hall–Kier alpha value is -0.220. The number of thioether (sulfide) groups is 1. The molecule has 0 aromatic heterocycles. The largest absolute Gasteiger partial charge is 0.361 e. The maximum absolute atomic E-state index is 10.9. The molecule has 0 aliphatic heterocycles. The molecule has 0 aromatic rings. The summed E-state index contributed by atoms with van der Waals surface area (Å²) in [6, 6.07) is 0. The van der Waals surface area contributed by atoms with Gasteiger partial charge < -0.3 is 10.1 Å². The minimum absolute atomic E-state index is 0.00736. The summed E-state index contributed by atoms with van der Waals surface area (Å²) < 4.78 is 5.22. The molecule has 0 spiro atoms. The number of hydrogen-bond acceptors (Lipinski definition) is 3. The molecule has 0 saturated carbocycles. The van der Waals surface area contributed by atoms with Crippen LogP contribution in [0.3, 0.4) is 0 Å². The van der Waals surface area contributed by atoms with Crippen molar-refractivity contribution in [3.8, 4) is 0 Å². The van der Waals surface area contributed by atoms with Gasteiger partial charge in [0.2, 0.25) is 0 Å². The lowest BCUT2D eigenvalue weighted by atomic mass is 10.1. The molecule has 0 unspecified atom stereocenters. The predicted octanol–water partition coefficient (Wildman–Crippen LogP) is 3.50. The Morgan fingerprint density at radius 2 is 2.00 bits per heavy atom. The van der Waals surface area contributed by atoms with Crippen LogP contribution in [0.15, 0.2) is 0 Å². The van der Waals surface area contributed by atoms with E-state index >= 15 is 0 Å². The van der Waals surface area contributed by atoms with E-state index in [2.05, 4.69) is 19.2 Å². The van der Waals surface area contributed by atoms with Crippen LogP contribution in [0.4, 0.5) is 4.79 Å². The van der Waals surface area contributed by atoms with Crippen molar-refractivity contribution >= 4 is 17.0 Å². The van der Waals surface area contributed by atoms with Crippen molar-refractivity contribution < 1.29 is 9.53 Å². The highest BCUT2D eigenvalue weighted by atomic mass is 32.2. The second-order valence-corrected chi connectivity index (χ2v) is 4.37. The van der Waals surface area contributed by atoms with Gasteiger partial charge in [-0.1, -0.05) is 46.4 Å². The number of ether oxygens (including phenoxy) is 1. The van der Waals surface area contributed by atoms with Gasteiger partial charge in [-0.2, -0.15) is 0 Å². The minimum Gasteiger partial charge on any atom is -0.361 e. The van der Waals surface area contributed by atoms with E-state index in [4.69, 9.17) is 4.74 Å². The van der Waals surface area contributed by atoms with Crippen molar-refractivity contribution in [1.82, 2.24) is 5.32 Å². The lowest BCUT2D eigenvalue weighted by Crippen LogP contribution is -2.22. The summed E-state index contributed by atoms with van der Waals surface area (Å²) in [6.45, 7) is 11.3. The van der Waals surface area contributed by atoms with Crippen LogP contribution in [0.2, 0.25) is 0 Å². The molecular formula is C11H25NO2S. The molecule has 0 fully saturated rings. The first-order valence-electron chi connectivity index (χ1n) is 5.65. The molecule has 0 saturated heterocycles. The number of carbonyl (C=O) groups is 1. The standard InChI is InChI=1S/C9H19NO2S.C2H6/c1-4-13-9(11)10-7-12-6-5-8(2)3;1-2/h8H,4-7H2,1-3H3,(H,10,11);1-2H3. The van der Waals surface area contributed by atoms with Crippen LogP contribution in [0.25, 0.3) is 0 Å². The van der Waals surface area contributed by atoms with E-state index in [1.165, 1.54) is 11.8 Å². The maximum atomic E-state index is 10.9. The van der Waals surface area contributed by atoms with Gasteiger partial charge in [0, 0.05) is 6.61 Å². The Morgan fingerprint density at radius 3 is 2.47 bits per heavy atom. The second kappa shape index (κ2) is 13.8. The number of hydrogen-bond donors (Lipinski definition) is 1. The molecule has 0 bridgehead atoms. The van der Waals surface area contributed by atoms with Crippen LogP contribution < -0.4 is 5.32 Å². The Bertz CT molecular complexity index is 141. The minimum atomic E-state index is -0.00736. The molecule has 4 heteroatoms. The van der Waals surface area contributed by atoms with Gasteiger partial charge in [-0.3, -0.25) is 4.79 Å². The molecule has 0 aliphatic rings. The van der Waals surface area contributed by atoms with Crippen LogP contribution in [0.1, 0.15) is 41.0 Å². The van der Waals surface area contributed by atoms with Crippen LogP contribution in [0.5, 0.6) is 0 Å². The van der Waals surface area contributed by atoms with Crippen LogP contribution in [0, 0.1) is 5.92 Å². The normalized spacial score (nSPS) is 9.47. The van der Waals surface area contributed by atoms with Gasteiger partial charge in [0.25, 0.3) is 5.24 Å². The fourth-order valence-corrected chi connectivity index (χ4v) is 1.11. The van der Waals surface area contributed by atoms with E-state index in [1.54, 1.807) is 0 Å². The summed E-state index contributed by atoms with van der Waals surface area (Å²) in [5.41, 5.74) is 0. The smallest absolute Gasteiger partial charge is 0.280 e. The first-order chi connectivity index (χ1) is 7.16. The Balaban J connectivity index is 0. The molecule has 0 atom stereocenters. The zero-order valence-corrected chi connectivity index (χ0v) is 11.4. The fraction of sp³-hybridized carbons (Fsp3) is 0.909. The molecule has 0 heterocycles. The fourth-order valence-electron chi connectivity index (χ4n) is 0.683. The summed E-state index contributed by atoms with van der Waals surface area (Å²) >= 11 is 1.27. The van der Waals surface area contributed by atoms with E-state index < -0.39 is 0 Å². The number of carbonyl (C=O) groups excluding carboxylic acids is 1. The van der Waals surface area contributed by atoms with Crippen molar-refractivity contribution in [3.63, 3.8) is 0 Å². The lowest BCUT2D eigenvalue weighted by molar-refractivity contribution is 0.114. The average molecular weight is 235 g/mol. The zero-order chi connectivity index (χ0) is 12.1. The van der Waals surface area contributed by atoms with Gasteiger partial charge in [0.05, 0.1) is 0 Å². The van der Waals surface area contributed by atoms with Crippen molar-refractivity contribution in [1.29, 1.82) is 0 Å². The van der Waals surface area contributed by atoms with Crippen molar-refractivity contribution in [2.24, 2.45) is 5.92 Å². The molecule has 3 nitrogen and oxygen atoms in total. The molecule has 92 valence electrons. The van der Waals surface area contributed by atoms with Crippen molar-refractivity contribution in [2.75, 3.05) is 19.1 Å². The van der Waals surface area contributed by atoms with Crippen LogP contribution in [-0.4, -0.2) is 24.3 Å². The number of nitrogens with one attached hydrogen (secondary N) is 1. The first-order valence-corrected chi connectivity index (χ1v) is 6.63. The second-order valence-electron chi connectivity index (χ2n) is 3.13. The molecule has 0 aliphatic carbocycles. The van der Waals surface area contributed by atoms with E-state index in [0.29, 0.717) is 12.6 Å².